The largest absolute Gasteiger partial charge is 0.383 e. The number of carbonyl (C=O) groups excluding carboxylic acids is 1. The minimum absolute atomic E-state index is 0.0898. The summed E-state index contributed by atoms with van der Waals surface area (Å²) in [6.07, 6.45) is 7.29. The van der Waals surface area contributed by atoms with E-state index >= 15 is 0 Å². The third-order valence-electron chi connectivity index (χ3n) is 3.80. The van der Waals surface area contributed by atoms with E-state index in [2.05, 4.69) is 22.5 Å². The molecule has 4 nitrogen and oxygen atoms in total. The van der Waals surface area contributed by atoms with Crippen LogP contribution in [0.1, 0.15) is 42.1 Å². The van der Waals surface area contributed by atoms with Gasteiger partial charge in [0.2, 0.25) is 0 Å². The molecule has 2 aromatic rings. The van der Waals surface area contributed by atoms with E-state index in [1.54, 1.807) is 18.5 Å². The van der Waals surface area contributed by atoms with Gasteiger partial charge in [-0.3, -0.25) is 9.78 Å². The van der Waals surface area contributed by atoms with Crippen molar-refractivity contribution in [1.29, 1.82) is 0 Å². The predicted octanol–water partition coefficient (Wildman–Crippen LogP) is 4.96. The highest BCUT2D eigenvalue weighted by atomic mass is 35.5. The molecule has 0 bridgehead atoms. The van der Waals surface area contributed by atoms with Crippen molar-refractivity contribution in [3.05, 3.63) is 57.8 Å². The number of hydrogen-bond donors (Lipinski definition) is 2. The number of amides is 1. The van der Waals surface area contributed by atoms with Crippen LogP contribution in [0.15, 0.2) is 36.7 Å². The Balaban J connectivity index is 1.85. The van der Waals surface area contributed by atoms with E-state index in [9.17, 15) is 4.79 Å². The van der Waals surface area contributed by atoms with E-state index in [1.807, 2.05) is 18.2 Å². The van der Waals surface area contributed by atoms with Crippen molar-refractivity contribution in [3.8, 4) is 0 Å². The molecule has 0 saturated carbocycles. The molecule has 0 fully saturated rings. The van der Waals surface area contributed by atoms with Gasteiger partial charge in [-0.05, 0) is 36.6 Å². The molecule has 25 heavy (non-hydrogen) atoms. The second-order valence-electron chi connectivity index (χ2n) is 5.84. The van der Waals surface area contributed by atoms with E-state index in [0.717, 1.165) is 36.9 Å². The molecule has 6 heteroatoms. The third-order valence-corrected chi connectivity index (χ3v) is 4.39. The lowest BCUT2D eigenvalue weighted by Crippen LogP contribution is -2.24. The molecule has 2 N–H and O–H groups in total. The topological polar surface area (TPSA) is 54.0 Å². The van der Waals surface area contributed by atoms with Crippen molar-refractivity contribution < 1.29 is 4.79 Å². The Kier molecular flexibility index (Phi) is 8.02. The standard InChI is InChI=1S/C19H23Cl2N3O/c1-2-3-4-8-24-19(25)15-10-17(13-22-12-15)23-9-7-14-5-6-16(20)11-18(14)21/h5-6,10-13,23H,2-4,7-9H2,1H3,(H,24,25). The summed E-state index contributed by atoms with van der Waals surface area (Å²) < 4.78 is 0. The number of halogens is 2. The summed E-state index contributed by atoms with van der Waals surface area (Å²) in [4.78, 5) is 16.3. The Morgan fingerprint density at radius 2 is 1.96 bits per heavy atom. The van der Waals surface area contributed by atoms with Crippen LogP contribution in [0.2, 0.25) is 10.0 Å². The van der Waals surface area contributed by atoms with Gasteiger partial charge in [0.05, 0.1) is 11.3 Å². The molecule has 0 radical (unpaired) electrons. The van der Waals surface area contributed by atoms with Gasteiger partial charge in [0.25, 0.3) is 5.91 Å². The molecule has 0 unspecified atom stereocenters. The quantitative estimate of drug-likeness (QED) is 0.605. The number of nitrogens with zero attached hydrogens (tertiary/aromatic N) is 1. The Hall–Kier alpha value is -1.78. The number of benzene rings is 1. The number of carbonyl (C=O) groups is 1. The van der Waals surface area contributed by atoms with Crippen molar-refractivity contribution in [2.45, 2.75) is 32.6 Å². The number of rotatable bonds is 9. The molecule has 1 heterocycles. The molecule has 0 aliphatic carbocycles. The second kappa shape index (κ2) is 10.3. The maximum absolute atomic E-state index is 12.1. The highest BCUT2D eigenvalue weighted by molar-refractivity contribution is 6.35. The maximum atomic E-state index is 12.1. The third kappa shape index (κ3) is 6.56. The smallest absolute Gasteiger partial charge is 0.252 e. The van der Waals surface area contributed by atoms with Gasteiger partial charge >= 0.3 is 0 Å². The Bertz CT molecular complexity index is 707. The average molecular weight is 380 g/mol. The van der Waals surface area contributed by atoms with Crippen LogP contribution < -0.4 is 10.6 Å². The number of aromatic nitrogens is 1. The summed E-state index contributed by atoms with van der Waals surface area (Å²) in [5.41, 5.74) is 2.40. The van der Waals surface area contributed by atoms with Gasteiger partial charge in [0, 0.05) is 35.5 Å². The molecule has 0 aliphatic heterocycles. The van der Waals surface area contributed by atoms with Crippen LogP contribution in [0.4, 0.5) is 5.69 Å². The van der Waals surface area contributed by atoms with E-state index in [-0.39, 0.29) is 5.91 Å². The Labute approximate surface area is 158 Å². The monoisotopic (exact) mass is 379 g/mol. The maximum Gasteiger partial charge on any atom is 0.252 e. The van der Waals surface area contributed by atoms with Crippen LogP contribution in [0.25, 0.3) is 0 Å². The van der Waals surface area contributed by atoms with Gasteiger partial charge in [0.15, 0.2) is 0 Å². The van der Waals surface area contributed by atoms with Crippen molar-refractivity contribution >= 4 is 34.8 Å². The van der Waals surface area contributed by atoms with Gasteiger partial charge in [-0.1, -0.05) is 49.0 Å². The number of pyridine rings is 1. The van der Waals surface area contributed by atoms with Crippen molar-refractivity contribution in [2.75, 3.05) is 18.4 Å². The van der Waals surface area contributed by atoms with E-state index < -0.39 is 0 Å². The molecular weight excluding hydrogens is 357 g/mol. The molecule has 0 atom stereocenters. The Morgan fingerprint density at radius 1 is 1.12 bits per heavy atom. The van der Waals surface area contributed by atoms with Gasteiger partial charge in [-0.25, -0.2) is 0 Å². The van der Waals surface area contributed by atoms with Crippen molar-refractivity contribution in [2.24, 2.45) is 0 Å². The Morgan fingerprint density at radius 3 is 2.72 bits per heavy atom. The van der Waals surface area contributed by atoms with Crippen LogP contribution in [-0.4, -0.2) is 24.0 Å². The zero-order valence-corrected chi connectivity index (χ0v) is 15.8. The predicted molar refractivity (Wildman–Crippen MR) is 105 cm³/mol. The van der Waals surface area contributed by atoms with Crippen LogP contribution in [-0.2, 0) is 6.42 Å². The average Bonchev–Trinajstić information content (AvgIpc) is 2.61. The molecule has 0 aliphatic rings. The van der Waals surface area contributed by atoms with Crippen LogP contribution >= 0.6 is 23.2 Å². The van der Waals surface area contributed by atoms with Gasteiger partial charge < -0.3 is 10.6 Å². The molecular formula is C19H23Cl2N3O. The highest BCUT2D eigenvalue weighted by Crippen LogP contribution is 2.21. The number of anilines is 1. The zero-order chi connectivity index (χ0) is 18.1. The zero-order valence-electron chi connectivity index (χ0n) is 14.3. The summed E-state index contributed by atoms with van der Waals surface area (Å²) in [5, 5.41) is 7.48. The van der Waals surface area contributed by atoms with Gasteiger partial charge in [0.1, 0.15) is 0 Å². The number of unbranched alkanes of at least 4 members (excludes halogenated alkanes) is 2. The SMILES string of the molecule is CCCCCNC(=O)c1cncc(NCCc2ccc(Cl)cc2Cl)c1. The summed E-state index contributed by atoms with van der Waals surface area (Å²) in [7, 11) is 0. The lowest BCUT2D eigenvalue weighted by Gasteiger charge is -2.09. The molecule has 1 aromatic heterocycles. The van der Waals surface area contributed by atoms with Crippen LogP contribution in [0, 0.1) is 0 Å². The first-order valence-corrected chi connectivity index (χ1v) is 9.26. The molecule has 1 aromatic carbocycles. The fourth-order valence-electron chi connectivity index (χ4n) is 2.41. The molecule has 0 spiro atoms. The highest BCUT2D eigenvalue weighted by Gasteiger charge is 2.07. The molecule has 0 saturated heterocycles. The van der Waals surface area contributed by atoms with Crippen LogP contribution in [0.5, 0.6) is 0 Å². The molecule has 1 amide bonds. The van der Waals surface area contributed by atoms with Crippen LogP contribution in [0.3, 0.4) is 0 Å². The number of hydrogen-bond acceptors (Lipinski definition) is 3. The number of nitrogens with one attached hydrogen (secondary N) is 2. The minimum atomic E-state index is -0.0898. The summed E-state index contributed by atoms with van der Waals surface area (Å²) >= 11 is 12.1. The lowest BCUT2D eigenvalue weighted by atomic mass is 10.1. The first kappa shape index (κ1) is 19.5. The second-order valence-corrected chi connectivity index (χ2v) is 6.68. The van der Waals surface area contributed by atoms with Crippen molar-refractivity contribution in [3.63, 3.8) is 0 Å². The van der Waals surface area contributed by atoms with E-state index in [1.165, 1.54) is 0 Å². The van der Waals surface area contributed by atoms with Crippen molar-refractivity contribution in [1.82, 2.24) is 10.3 Å². The fraction of sp³-hybridized carbons (Fsp3) is 0.368. The first-order valence-electron chi connectivity index (χ1n) is 8.51. The van der Waals surface area contributed by atoms with E-state index in [4.69, 9.17) is 23.2 Å². The first-order chi connectivity index (χ1) is 12.1. The lowest BCUT2D eigenvalue weighted by molar-refractivity contribution is 0.0952. The van der Waals surface area contributed by atoms with Gasteiger partial charge in [-0.2, -0.15) is 0 Å². The minimum Gasteiger partial charge on any atom is -0.383 e. The normalized spacial score (nSPS) is 10.5. The molecule has 134 valence electrons. The van der Waals surface area contributed by atoms with Gasteiger partial charge in [-0.15, -0.1) is 0 Å². The summed E-state index contributed by atoms with van der Waals surface area (Å²) in [5.74, 6) is -0.0898. The molecule has 2 rings (SSSR count). The van der Waals surface area contributed by atoms with E-state index in [0.29, 0.717) is 28.7 Å². The summed E-state index contributed by atoms with van der Waals surface area (Å²) in [6, 6.07) is 7.30. The summed E-state index contributed by atoms with van der Waals surface area (Å²) in [6.45, 7) is 3.52. The fourth-order valence-corrected chi connectivity index (χ4v) is 2.91.